The van der Waals surface area contributed by atoms with E-state index in [1.165, 1.54) is 0 Å². The van der Waals surface area contributed by atoms with Crippen molar-refractivity contribution in [3.05, 3.63) is 29.8 Å². The monoisotopic (exact) mass is 356 g/mol. The Hall–Kier alpha value is -1.40. The van der Waals surface area contributed by atoms with Gasteiger partial charge < -0.3 is 16.2 Å². The molecule has 0 aliphatic carbocycles. The van der Waals surface area contributed by atoms with Crippen LogP contribution in [0.3, 0.4) is 0 Å². The number of nitrogens with one attached hydrogen (secondary N) is 1. The first-order valence-electron chi connectivity index (χ1n) is 6.96. The number of carbonyl (C=O) groups is 2. The summed E-state index contributed by atoms with van der Waals surface area (Å²) in [5.74, 6) is -1.02. The fourth-order valence-electron chi connectivity index (χ4n) is 1.85. The number of nitrogens with two attached hydrogens (primary N) is 1. The topological polar surface area (TPSA) is 92.4 Å². The quantitative estimate of drug-likeness (QED) is 0.468. The molecule has 0 saturated heterocycles. The first-order chi connectivity index (χ1) is 10.0. The first-order valence-corrected chi connectivity index (χ1v) is 8.08. The highest BCUT2D eigenvalue weighted by Crippen LogP contribution is 2.12. The Morgan fingerprint density at radius 2 is 1.86 bits per heavy atom. The zero-order chi connectivity index (χ0) is 15.7. The van der Waals surface area contributed by atoms with E-state index in [9.17, 15) is 9.59 Å². The molecule has 0 aromatic heterocycles. The van der Waals surface area contributed by atoms with Gasteiger partial charge >= 0.3 is 5.97 Å². The van der Waals surface area contributed by atoms with Crippen LogP contribution in [-0.2, 0) is 16.0 Å². The Balaban J connectivity index is 2.40. The van der Waals surface area contributed by atoms with Gasteiger partial charge in [-0.1, -0.05) is 34.5 Å². The van der Waals surface area contributed by atoms with Gasteiger partial charge in [0, 0.05) is 17.4 Å². The van der Waals surface area contributed by atoms with Crippen molar-refractivity contribution in [2.45, 2.75) is 38.1 Å². The lowest BCUT2D eigenvalue weighted by atomic mass is 10.1. The average molecular weight is 357 g/mol. The van der Waals surface area contributed by atoms with Crippen molar-refractivity contribution in [3.63, 3.8) is 0 Å². The fourth-order valence-corrected chi connectivity index (χ4v) is 2.24. The molecule has 0 fully saturated rings. The van der Waals surface area contributed by atoms with Gasteiger partial charge in [0.25, 0.3) is 0 Å². The predicted molar refractivity (Wildman–Crippen MR) is 86.6 cm³/mol. The van der Waals surface area contributed by atoms with E-state index >= 15 is 0 Å². The summed E-state index contributed by atoms with van der Waals surface area (Å²) in [6.07, 6.45) is 3.77. The number of halogens is 1. The normalized spacial score (nSPS) is 11.9. The number of anilines is 1. The summed E-state index contributed by atoms with van der Waals surface area (Å²) in [6, 6.07) is 6.19. The van der Waals surface area contributed by atoms with Crippen molar-refractivity contribution in [1.29, 1.82) is 0 Å². The van der Waals surface area contributed by atoms with Crippen LogP contribution in [0.5, 0.6) is 0 Å². The third-order valence-corrected chi connectivity index (χ3v) is 3.61. The average Bonchev–Trinajstić information content (AvgIpc) is 2.45. The standard InChI is InChI=1S/C15H21BrN2O3/c16-9-3-1-2-4-14(19)18-12-7-5-11(6-8-12)10-13(17)15(20)21/h5-8,13H,1-4,9-10,17H2,(H,18,19)(H,20,21). The number of amides is 1. The van der Waals surface area contributed by atoms with E-state index in [1.54, 1.807) is 24.3 Å². The summed E-state index contributed by atoms with van der Waals surface area (Å²) >= 11 is 3.36. The summed E-state index contributed by atoms with van der Waals surface area (Å²) in [4.78, 5) is 22.4. The van der Waals surface area contributed by atoms with Crippen LogP contribution in [-0.4, -0.2) is 28.4 Å². The van der Waals surface area contributed by atoms with Crippen LogP contribution >= 0.6 is 15.9 Å². The molecule has 0 heterocycles. The maximum Gasteiger partial charge on any atom is 0.320 e. The number of hydrogen-bond donors (Lipinski definition) is 3. The number of alkyl halides is 1. The van der Waals surface area contributed by atoms with Crippen molar-refractivity contribution in [2.24, 2.45) is 5.73 Å². The van der Waals surface area contributed by atoms with Crippen molar-refractivity contribution in [2.75, 3.05) is 10.6 Å². The van der Waals surface area contributed by atoms with Crippen LogP contribution < -0.4 is 11.1 Å². The summed E-state index contributed by atoms with van der Waals surface area (Å²) in [5.41, 5.74) is 7.02. The zero-order valence-electron chi connectivity index (χ0n) is 11.8. The van der Waals surface area contributed by atoms with Gasteiger partial charge in [0.05, 0.1) is 0 Å². The minimum absolute atomic E-state index is 0.000408. The van der Waals surface area contributed by atoms with Crippen molar-refractivity contribution in [1.82, 2.24) is 0 Å². The van der Waals surface area contributed by atoms with Gasteiger partial charge in [-0.25, -0.2) is 0 Å². The third kappa shape index (κ3) is 7.24. The molecule has 4 N–H and O–H groups in total. The van der Waals surface area contributed by atoms with Crippen LogP contribution in [0.25, 0.3) is 0 Å². The van der Waals surface area contributed by atoms with E-state index in [-0.39, 0.29) is 12.3 Å². The summed E-state index contributed by atoms with van der Waals surface area (Å²) < 4.78 is 0. The summed E-state index contributed by atoms with van der Waals surface area (Å²) in [7, 11) is 0. The van der Waals surface area contributed by atoms with Gasteiger partial charge in [-0.3, -0.25) is 9.59 Å². The number of unbranched alkanes of at least 4 members (excludes halogenated alkanes) is 2. The molecule has 5 nitrogen and oxygen atoms in total. The van der Waals surface area contributed by atoms with Crippen molar-refractivity contribution < 1.29 is 14.7 Å². The number of carboxylic acid groups (broad SMARTS) is 1. The maximum absolute atomic E-state index is 11.7. The molecule has 21 heavy (non-hydrogen) atoms. The summed E-state index contributed by atoms with van der Waals surface area (Å²) in [5, 5.41) is 12.5. The number of benzene rings is 1. The predicted octanol–water partition coefficient (Wildman–Crippen LogP) is 2.53. The molecule has 0 aliphatic rings. The molecule has 1 atom stereocenters. The first kappa shape index (κ1) is 17.7. The van der Waals surface area contributed by atoms with E-state index in [1.807, 2.05) is 0 Å². The second-order valence-corrected chi connectivity index (χ2v) is 5.69. The minimum atomic E-state index is -1.02. The van der Waals surface area contributed by atoms with Gasteiger partial charge in [-0.2, -0.15) is 0 Å². The zero-order valence-corrected chi connectivity index (χ0v) is 13.4. The molecular formula is C15H21BrN2O3. The molecule has 116 valence electrons. The molecule has 1 unspecified atom stereocenters. The van der Waals surface area contributed by atoms with E-state index < -0.39 is 12.0 Å². The molecule has 0 radical (unpaired) electrons. The second-order valence-electron chi connectivity index (χ2n) is 4.89. The lowest BCUT2D eigenvalue weighted by Crippen LogP contribution is -2.32. The molecule has 1 amide bonds. The largest absolute Gasteiger partial charge is 0.480 e. The highest BCUT2D eigenvalue weighted by atomic mass is 79.9. The van der Waals surface area contributed by atoms with Crippen LogP contribution in [0.2, 0.25) is 0 Å². The van der Waals surface area contributed by atoms with Crippen molar-refractivity contribution >= 4 is 33.5 Å². The Morgan fingerprint density at radius 3 is 2.43 bits per heavy atom. The Kier molecular flexibility index (Phi) is 8.00. The van der Waals surface area contributed by atoms with E-state index in [0.717, 1.165) is 30.2 Å². The Morgan fingerprint density at radius 1 is 1.19 bits per heavy atom. The van der Waals surface area contributed by atoms with Gasteiger partial charge in [0.2, 0.25) is 5.91 Å². The molecule has 0 spiro atoms. The van der Waals surface area contributed by atoms with Gasteiger partial charge in [-0.15, -0.1) is 0 Å². The third-order valence-electron chi connectivity index (χ3n) is 3.05. The minimum Gasteiger partial charge on any atom is -0.480 e. The van der Waals surface area contributed by atoms with E-state index in [4.69, 9.17) is 10.8 Å². The lowest BCUT2D eigenvalue weighted by Gasteiger charge is -2.08. The molecular weight excluding hydrogens is 336 g/mol. The van der Waals surface area contributed by atoms with Crippen molar-refractivity contribution in [3.8, 4) is 0 Å². The van der Waals surface area contributed by atoms with Gasteiger partial charge in [0.1, 0.15) is 6.04 Å². The van der Waals surface area contributed by atoms with Gasteiger partial charge in [0.15, 0.2) is 0 Å². The molecule has 1 rings (SSSR count). The van der Waals surface area contributed by atoms with Crippen LogP contribution in [0, 0.1) is 0 Å². The molecule has 6 heteroatoms. The Bertz CT molecular complexity index is 462. The van der Waals surface area contributed by atoms with Crippen LogP contribution in [0.15, 0.2) is 24.3 Å². The summed E-state index contributed by atoms with van der Waals surface area (Å²) in [6.45, 7) is 0. The number of aliphatic carboxylic acids is 1. The van der Waals surface area contributed by atoms with Crippen LogP contribution in [0.4, 0.5) is 5.69 Å². The molecule has 1 aromatic rings. The van der Waals surface area contributed by atoms with E-state index in [2.05, 4.69) is 21.2 Å². The molecule has 0 bridgehead atoms. The highest BCUT2D eigenvalue weighted by molar-refractivity contribution is 9.09. The smallest absolute Gasteiger partial charge is 0.320 e. The fraction of sp³-hybridized carbons (Fsp3) is 0.467. The number of rotatable bonds is 9. The maximum atomic E-state index is 11.7. The SMILES string of the molecule is NC(Cc1ccc(NC(=O)CCCCCBr)cc1)C(=O)O. The van der Waals surface area contributed by atoms with Crippen LogP contribution in [0.1, 0.15) is 31.2 Å². The molecule has 1 aromatic carbocycles. The highest BCUT2D eigenvalue weighted by Gasteiger charge is 2.11. The Labute approximate surface area is 133 Å². The second kappa shape index (κ2) is 9.52. The molecule has 0 aliphatic heterocycles. The number of carbonyl (C=O) groups excluding carboxylic acids is 1. The number of carboxylic acids is 1. The van der Waals surface area contributed by atoms with E-state index in [0.29, 0.717) is 12.1 Å². The number of hydrogen-bond acceptors (Lipinski definition) is 3. The van der Waals surface area contributed by atoms with Gasteiger partial charge in [-0.05, 0) is 37.0 Å². The lowest BCUT2D eigenvalue weighted by molar-refractivity contribution is -0.138. The molecule has 0 saturated carbocycles.